The van der Waals surface area contributed by atoms with Crippen LogP contribution >= 0.6 is 34.9 Å². The summed E-state index contributed by atoms with van der Waals surface area (Å²) in [6.45, 7) is 0. The number of aromatic nitrogens is 4. The van der Waals surface area contributed by atoms with Crippen LogP contribution in [-0.2, 0) is 11.5 Å². The van der Waals surface area contributed by atoms with E-state index >= 15 is 0 Å². The van der Waals surface area contributed by atoms with E-state index in [1.807, 2.05) is 60.7 Å². The van der Waals surface area contributed by atoms with Crippen molar-refractivity contribution in [2.45, 2.75) is 20.2 Å². The van der Waals surface area contributed by atoms with E-state index in [0.29, 0.717) is 23.3 Å². The first-order valence-corrected chi connectivity index (χ1v) is 12.2. The summed E-state index contributed by atoms with van der Waals surface area (Å²) < 4.78 is 13.0. The van der Waals surface area contributed by atoms with Gasteiger partial charge in [-0.1, -0.05) is 71.3 Å². The molecule has 0 unspecified atom stereocenters. The molecule has 0 spiro atoms. The van der Waals surface area contributed by atoms with Gasteiger partial charge in [0.05, 0.1) is 11.4 Å². The molecule has 0 fully saturated rings. The molecule has 0 N–H and O–H groups in total. The molecule has 5 aromatic rings. The number of hydrogen-bond acceptors (Lipinski definition) is 9. The lowest BCUT2D eigenvalue weighted by atomic mass is 10.2. The van der Waals surface area contributed by atoms with Crippen LogP contribution in [0.25, 0.3) is 22.9 Å². The highest BCUT2D eigenvalue weighted by Crippen LogP contribution is 2.33. The summed E-state index contributed by atoms with van der Waals surface area (Å²) in [6.07, 6.45) is 3.39. The second-order valence-electron chi connectivity index (χ2n) is 6.43. The molecule has 0 radical (unpaired) electrons. The molecule has 5 rings (SSSR count). The molecule has 6 nitrogen and oxygen atoms in total. The fraction of sp³-hybridized carbons (Fsp3) is 0.0909. The number of benzene rings is 2. The highest BCUT2D eigenvalue weighted by molar-refractivity contribution is 8.02. The number of thioether (sulfide) groups is 2. The van der Waals surface area contributed by atoms with Crippen molar-refractivity contribution in [3.05, 3.63) is 84.6 Å². The lowest BCUT2D eigenvalue weighted by Gasteiger charge is -1.93. The number of oxazole rings is 2. The van der Waals surface area contributed by atoms with Gasteiger partial charge >= 0.3 is 0 Å². The standard InChI is InChI=1S/C22H16N4O2S3/c1-3-7-15(8-4-1)19-23-17(11-27-19)13-29-21-25-26-22(31-21)30-14-18-12-28-20(24-18)16-9-5-2-6-10-16/h1-12H,13-14H2. The maximum atomic E-state index is 5.59. The smallest absolute Gasteiger partial charge is 0.226 e. The van der Waals surface area contributed by atoms with Crippen molar-refractivity contribution in [1.82, 2.24) is 20.2 Å². The summed E-state index contributed by atoms with van der Waals surface area (Å²) in [7, 11) is 0. The zero-order valence-electron chi connectivity index (χ0n) is 16.2. The van der Waals surface area contributed by atoms with E-state index in [-0.39, 0.29) is 0 Å². The van der Waals surface area contributed by atoms with Crippen molar-refractivity contribution in [3.63, 3.8) is 0 Å². The molecule has 9 heteroatoms. The van der Waals surface area contributed by atoms with Gasteiger partial charge in [-0.2, -0.15) is 0 Å². The molecule has 0 bridgehead atoms. The van der Waals surface area contributed by atoms with Gasteiger partial charge in [0.25, 0.3) is 0 Å². The van der Waals surface area contributed by atoms with Crippen LogP contribution in [0.15, 0.2) is 90.7 Å². The molecule has 0 aliphatic heterocycles. The second kappa shape index (κ2) is 9.51. The van der Waals surface area contributed by atoms with Gasteiger partial charge in [-0.15, -0.1) is 10.2 Å². The number of rotatable bonds is 8. The van der Waals surface area contributed by atoms with Crippen LogP contribution < -0.4 is 0 Å². The quantitative estimate of drug-likeness (QED) is 0.243. The predicted molar refractivity (Wildman–Crippen MR) is 123 cm³/mol. The largest absolute Gasteiger partial charge is 0.444 e. The van der Waals surface area contributed by atoms with E-state index in [2.05, 4.69) is 20.2 Å². The van der Waals surface area contributed by atoms with Crippen molar-refractivity contribution < 1.29 is 8.83 Å². The first-order valence-electron chi connectivity index (χ1n) is 9.42. The van der Waals surface area contributed by atoms with Gasteiger partial charge in [0, 0.05) is 22.6 Å². The van der Waals surface area contributed by atoms with E-state index in [1.165, 1.54) is 0 Å². The Morgan fingerprint density at radius 1 is 0.645 bits per heavy atom. The van der Waals surface area contributed by atoms with Crippen LogP contribution in [-0.4, -0.2) is 20.2 Å². The average molecular weight is 465 g/mol. The van der Waals surface area contributed by atoms with Crippen LogP contribution in [0.1, 0.15) is 11.4 Å². The molecule has 0 amide bonds. The fourth-order valence-corrected chi connectivity index (χ4v) is 5.53. The lowest BCUT2D eigenvalue weighted by Crippen LogP contribution is -1.82. The van der Waals surface area contributed by atoms with Crippen LogP contribution in [0, 0.1) is 0 Å². The normalized spacial score (nSPS) is 11.1. The Balaban J connectivity index is 1.14. The lowest BCUT2D eigenvalue weighted by molar-refractivity contribution is 0.573. The van der Waals surface area contributed by atoms with Gasteiger partial charge in [0.1, 0.15) is 12.5 Å². The molecule has 154 valence electrons. The highest BCUT2D eigenvalue weighted by atomic mass is 32.2. The third kappa shape index (κ3) is 5.07. The molecule has 3 aromatic heterocycles. The Morgan fingerprint density at radius 2 is 1.10 bits per heavy atom. The maximum absolute atomic E-state index is 5.59. The summed E-state index contributed by atoms with van der Waals surface area (Å²) in [5, 5.41) is 8.54. The summed E-state index contributed by atoms with van der Waals surface area (Å²) in [4.78, 5) is 9.10. The average Bonchev–Trinajstić information content (AvgIpc) is 3.58. The molecule has 0 saturated carbocycles. The monoisotopic (exact) mass is 464 g/mol. The number of hydrogen-bond donors (Lipinski definition) is 0. The molecule has 0 aliphatic rings. The molecule has 31 heavy (non-hydrogen) atoms. The van der Waals surface area contributed by atoms with Gasteiger partial charge in [0.15, 0.2) is 8.68 Å². The Hall–Kier alpha value is -2.88. The Bertz CT molecular complexity index is 1160. The first kappa shape index (κ1) is 20.0. The molecule has 0 saturated heterocycles. The van der Waals surface area contributed by atoms with Crippen LogP contribution in [0.5, 0.6) is 0 Å². The predicted octanol–water partition coefficient (Wildman–Crippen LogP) is 6.43. The third-order valence-corrected chi connectivity index (χ3v) is 7.48. The SMILES string of the molecule is c1ccc(-c2nc(CSc3nnc(SCc4coc(-c5ccccc5)n4)s3)co2)cc1. The van der Waals surface area contributed by atoms with Gasteiger partial charge < -0.3 is 8.83 Å². The fourth-order valence-electron chi connectivity index (χ4n) is 2.76. The van der Waals surface area contributed by atoms with Crippen molar-refractivity contribution >= 4 is 34.9 Å². The number of nitrogens with zero attached hydrogens (tertiary/aromatic N) is 4. The van der Waals surface area contributed by atoms with E-state index in [4.69, 9.17) is 8.83 Å². The third-order valence-electron chi connectivity index (χ3n) is 4.22. The first-order chi connectivity index (χ1) is 15.3. The van der Waals surface area contributed by atoms with Crippen LogP contribution in [0.2, 0.25) is 0 Å². The summed E-state index contributed by atoms with van der Waals surface area (Å²) >= 11 is 4.77. The van der Waals surface area contributed by atoms with E-state index < -0.39 is 0 Å². The second-order valence-corrected chi connectivity index (χ2v) is 9.85. The topological polar surface area (TPSA) is 77.8 Å². The molecule has 2 aromatic carbocycles. The van der Waals surface area contributed by atoms with E-state index in [1.54, 1.807) is 47.4 Å². The maximum Gasteiger partial charge on any atom is 0.226 e. The minimum absolute atomic E-state index is 0.632. The molecule has 3 heterocycles. The minimum Gasteiger partial charge on any atom is -0.444 e. The highest BCUT2D eigenvalue weighted by Gasteiger charge is 2.11. The zero-order valence-corrected chi connectivity index (χ0v) is 18.6. The van der Waals surface area contributed by atoms with Crippen LogP contribution in [0.4, 0.5) is 0 Å². The molecular weight excluding hydrogens is 448 g/mol. The van der Waals surface area contributed by atoms with Gasteiger partial charge in [-0.25, -0.2) is 9.97 Å². The summed E-state index contributed by atoms with van der Waals surface area (Å²) in [5.41, 5.74) is 3.70. The zero-order chi connectivity index (χ0) is 20.9. The summed E-state index contributed by atoms with van der Waals surface area (Å²) in [6, 6.07) is 19.7. The van der Waals surface area contributed by atoms with Crippen molar-refractivity contribution in [3.8, 4) is 22.9 Å². The molecule has 0 atom stereocenters. The van der Waals surface area contributed by atoms with Gasteiger partial charge in [-0.05, 0) is 24.3 Å². The Morgan fingerprint density at radius 3 is 1.55 bits per heavy atom. The summed E-state index contributed by atoms with van der Waals surface area (Å²) in [5.74, 6) is 2.62. The van der Waals surface area contributed by atoms with Crippen molar-refractivity contribution in [1.29, 1.82) is 0 Å². The Labute approximate surface area is 191 Å². The van der Waals surface area contributed by atoms with Gasteiger partial charge in [-0.3, -0.25) is 0 Å². The van der Waals surface area contributed by atoms with Crippen molar-refractivity contribution in [2.24, 2.45) is 0 Å². The van der Waals surface area contributed by atoms with E-state index in [9.17, 15) is 0 Å². The van der Waals surface area contributed by atoms with Crippen molar-refractivity contribution in [2.75, 3.05) is 0 Å². The molecular formula is C22H16N4O2S3. The Kier molecular flexibility index (Phi) is 6.15. The van der Waals surface area contributed by atoms with E-state index in [0.717, 1.165) is 31.2 Å². The minimum atomic E-state index is 0.632. The van der Waals surface area contributed by atoms with Crippen LogP contribution in [0.3, 0.4) is 0 Å². The molecule has 0 aliphatic carbocycles. The van der Waals surface area contributed by atoms with Gasteiger partial charge in [0.2, 0.25) is 11.8 Å².